The first-order chi connectivity index (χ1) is 14.3. The predicted molar refractivity (Wildman–Crippen MR) is 107 cm³/mol. The van der Waals surface area contributed by atoms with Crippen molar-refractivity contribution >= 4 is 23.4 Å². The molecule has 154 valence electrons. The van der Waals surface area contributed by atoms with Gasteiger partial charge < -0.3 is 5.32 Å². The van der Waals surface area contributed by atoms with Crippen LogP contribution in [0.25, 0.3) is 0 Å². The second-order valence-corrected chi connectivity index (χ2v) is 8.61. The number of carbonyl (C=O) groups excluding carboxylic acids is 3. The molecule has 30 heavy (non-hydrogen) atoms. The largest absolute Gasteiger partial charge is 0.324 e. The Morgan fingerprint density at radius 3 is 2.43 bits per heavy atom. The summed E-state index contributed by atoms with van der Waals surface area (Å²) < 4.78 is 13.3. The fraction of sp³-hybridized carbons (Fsp3) is 0.348. The van der Waals surface area contributed by atoms with Crippen LogP contribution in [-0.2, 0) is 26.5 Å². The third-order valence-corrected chi connectivity index (χ3v) is 6.62. The van der Waals surface area contributed by atoms with Crippen molar-refractivity contribution in [3.05, 3.63) is 65.5 Å². The van der Waals surface area contributed by atoms with Gasteiger partial charge in [0.2, 0.25) is 17.7 Å². The second-order valence-electron chi connectivity index (χ2n) is 8.61. The molecule has 3 heterocycles. The average molecular weight is 407 g/mol. The Labute approximate surface area is 173 Å². The molecule has 2 aromatic rings. The number of hydrogen-bond acceptors (Lipinski definition) is 4. The molecule has 6 nitrogen and oxygen atoms in total. The minimum absolute atomic E-state index is 0.0416. The first-order valence-electron chi connectivity index (χ1n) is 10.1. The maximum absolute atomic E-state index is 13.6. The maximum Gasteiger partial charge on any atom is 0.250 e. The zero-order valence-electron chi connectivity index (χ0n) is 16.7. The summed E-state index contributed by atoms with van der Waals surface area (Å²) in [7, 11) is 0. The zero-order valence-corrected chi connectivity index (χ0v) is 16.7. The van der Waals surface area contributed by atoms with Crippen LogP contribution in [0, 0.1) is 23.6 Å². The summed E-state index contributed by atoms with van der Waals surface area (Å²) >= 11 is 0. The molecular weight excluding hydrogens is 385 g/mol. The monoisotopic (exact) mass is 407 g/mol. The standard InChI is InChI=1S/C23H22FN3O3/c1-12(2)19-17-18(23(26-19)15-5-3-4-6-16(15)25-22(23)30)21(29)27(20(17)28)11-13-7-9-14(24)10-8-13/h3-10,12,17-19,26H,11H2,1-2H3,(H,25,30)/t17-,18+,19-,23+/m0/s1. The molecule has 5 rings (SSSR count). The lowest BCUT2D eigenvalue weighted by atomic mass is 9.76. The topological polar surface area (TPSA) is 78.5 Å². The summed E-state index contributed by atoms with van der Waals surface area (Å²) in [4.78, 5) is 41.4. The fourth-order valence-corrected chi connectivity index (χ4v) is 5.25. The van der Waals surface area contributed by atoms with Gasteiger partial charge in [-0.3, -0.25) is 24.6 Å². The minimum Gasteiger partial charge on any atom is -0.324 e. The summed E-state index contributed by atoms with van der Waals surface area (Å²) in [6.07, 6.45) is 0. The van der Waals surface area contributed by atoms with Crippen molar-refractivity contribution in [1.82, 2.24) is 10.2 Å². The fourth-order valence-electron chi connectivity index (χ4n) is 5.25. The number of halogens is 1. The molecule has 0 saturated carbocycles. The van der Waals surface area contributed by atoms with Gasteiger partial charge >= 0.3 is 0 Å². The molecule has 3 aliphatic heterocycles. The number of nitrogens with zero attached hydrogens (tertiary/aromatic N) is 1. The number of benzene rings is 2. The lowest BCUT2D eigenvalue weighted by Gasteiger charge is -2.30. The van der Waals surface area contributed by atoms with E-state index < -0.39 is 17.4 Å². The summed E-state index contributed by atoms with van der Waals surface area (Å²) in [6.45, 7) is 4.02. The third kappa shape index (κ3) is 2.41. The maximum atomic E-state index is 13.6. The molecule has 2 N–H and O–H groups in total. The van der Waals surface area contributed by atoms with Crippen molar-refractivity contribution < 1.29 is 18.8 Å². The van der Waals surface area contributed by atoms with Gasteiger partial charge in [-0.05, 0) is 29.7 Å². The molecule has 0 radical (unpaired) electrons. The van der Waals surface area contributed by atoms with E-state index in [9.17, 15) is 18.8 Å². The molecule has 2 saturated heterocycles. The molecule has 4 atom stereocenters. The normalized spacial score (nSPS) is 29.7. The van der Waals surface area contributed by atoms with Crippen molar-refractivity contribution in [1.29, 1.82) is 0 Å². The highest BCUT2D eigenvalue weighted by atomic mass is 19.1. The van der Waals surface area contributed by atoms with Gasteiger partial charge in [0.1, 0.15) is 11.4 Å². The van der Waals surface area contributed by atoms with Crippen LogP contribution in [-0.4, -0.2) is 28.7 Å². The molecule has 2 aromatic carbocycles. The van der Waals surface area contributed by atoms with E-state index in [1.807, 2.05) is 32.0 Å². The Hall–Kier alpha value is -3.06. The van der Waals surface area contributed by atoms with Crippen LogP contribution in [0.15, 0.2) is 48.5 Å². The highest BCUT2D eigenvalue weighted by Gasteiger charge is 2.70. The molecular formula is C23H22FN3O3. The van der Waals surface area contributed by atoms with Crippen LogP contribution < -0.4 is 10.6 Å². The molecule has 0 unspecified atom stereocenters. The Bertz CT molecular complexity index is 1070. The van der Waals surface area contributed by atoms with Crippen molar-refractivity contribution in [2.75, 3.05) is 5.32 Å². The summed E-state index contributed by atoms with van der Waals surface area (Å²) in [5.74, 6) is -2.73. The van der Waals surface area contributed by atoms with Crippen LogP contribution >= 0.6 is 0 Å². The second kappa shape index (κ2) is 6.47. The molecule has 1 spiro atoms. The van der Waals surface area contributed by atoms with Crippen molar-refractivity contribution in [2.24, 2.45) is 17.8 Å². The number of para-hydroxylation sites is 1. The molecule has 0 bridgehead atoms. The number of rotatable bonds is 3. The van der Waals surface area contributed by atoms with Crippen LogP contribution in [0.1, 0.15) is 25.0 Å². The quantitative estimate of drug-likeness (QED) is 0.766. The zero-order chi connectivity index (χ0) is 21.2. The first kappa shape index (κ1) is 18.9. The highest BCUT2D eigenvalue weighted by molar-refractivity contribution is 6.15. The van der Waals surface area contributed by atoms with E-state index in [1.54, 1.807) is 18.2 Å². The smallest absolute Gasteiger partial charge is 0.250 e. The van der Waals surface area contributed by atoms with E-state index in [1.165, 1.54) is 17.0 Å². The van der Waals surface area contributed by atoms with Gasteiger partial charge in [0.25, 0.3) is 0 Å². The lowest BCUT2D eigenvalue weighted by Crippen LogP contribution is -2.53. The van der Waals surface area contributed by atoms with Gasteiger partial charge in [0.15, 0.2) is 0 Å². The van der Waals surface area contributed by atoms with Gasteiger partial charge in [-0.25, -0.2) is 4.39 Å². The van der Waals surface area contributed by atoms with Gasteiger partial charge in [0, 0.05) is 17.3 Å². The molecule has 3 aliphatic rings. The number of hydrogen-bond donors (Lipinski definition) is 2. The summed E-state index contributed by atoms with van der Waals surface area (Å²) in [6, 6.07) is 12.7. The van der Waals surface area contributed by atoms with E-state index in [-0.39, 0.29) is 42.0 Å². The number of anilines is 1. The number of carbonyl (C=O) groups is 3. The van der Waals surface area contributed by atoms with Gasteiger partial charge in [-0.15, -0.1) is 0 Å². The Morgan fingerprint density at radius 2 is 1.73 bits per heavy atom. The van der Waals surface area contributed by atoms with E-state index >= 15 is 0 Å². The number of likely N-dealkylation sites (tertiary alicyclic amines) is 1. The van der Waals surface area contributed by atoms with Crippen molar-refractivity contribution in [2.45, 2.75) is 32.0 Å². The summed E-state index contributed by atoms with van der Waals surface area (Å²) in [5.41, 5.74) is 0.770. The van der Waals surface area contributed by atoms with Crippen molar-refractivity contribution in [3.8, 4) is 0 Å². The Morgan fingerprint density at radius 1 is 1.03 bits per heavy atom. The van der Waals surface area contributed by atoms with E-state index in [0.29, 0.717) is 16.8 Å². The Balaban J connectivity index is 1.59. The summed E-state index contributed by atoms with van der Waals surface area (Å²) in [5, 5.41) is 6.28. The van der Waals surface area contributed by atoms with Crippen LogP contribution in [0.2, 0.25) is 0 Å². The Kier molecular flexibility index (Phi) is 4.08. The minimum atomic E-state index is -1.26. The number of amides is 3. The highest BCUT2D eigenvalue weighted by Crippen LogP contribution is 2.53. The van der Waals surface area contributed by atoms with Crippen LogP contribution in [0.4, 0.5) is 10.1 Å². The number of imide groups is 1. The molecule has 0 aliphatic carbocycles. The third-order valence-electron chi connectivity index (χ3n) is 6.62. The molecule has 7 heteroatoms. The number of nitrogens with one attached hydrogen (secondary N) is 2. The first-order valence-corrected chi connectivity index (χ1v) is 10.1. The van der Waals surface area contributed by atoms with Gasteiger partial charge in [0.05, 0.1) is 18.4 Å². The number of fused-ring (bicyclic) bond motifs is 4. The van der Waals surface area contributed by atoms with Gasteiger partial charge in [-0.2, -0.15) is 0 Å². The van der Waals surface area contributed by atoms with E-state index in [0.717, 1.165) is 0 Å². The SMILES string of the molecule is CC(C)[C@@H]1N[C@@]2(C(=O)Nc3ccccc32)[C@H]2C(=O)N(Cc3ccc(F)cc3)C(=O)[C@H]12. The average Bonchev–Trinajstić information content (AvgIpc) is 3.31. The predicted octanol–water partition coefficient (Wildman–Crippen LogP) is 2.40. The molecule has 3 amide bonds. The van der Waals surface area contributed by atoms with E-state index in [2.05, 4.69) is 10.6 Å². The van der Waals surface area contributed by atoms with Crippen LogP contribution in [0.3, 0.4) is 0 Å². The van der Waals surface area contributed by atoms with Crippen LogP contribution in [0.5, 0.6) is 0 Å². The molecule has 2 fully saturated rings. The van der Waals surface area contributed by atoms with Crippen molar-refractivity contribution in [3.63, 3.8) is 0 Å². The molecule has 0 aromatic heterocycles. The van der Waals surface area contributed by atoms with E-state index in [4.69, 9.17) is 0 Å². The van der Waals surface area contributed by atoms with Gasteiger partial charge in [-0.1, -0.05) is 44.2 Å². The lowest BCUT2D eigenvalue weighted by molar-refractivity contribution is -0.143.